The molecule has 1 aromatic carbocycles. The Hall–Kier alpha value is -1.81. The molecule has 0 aliphatic carbocycles. The number of aromatic amines is 1. The first-order chi connectivity index (χ1) is 8.95. The van der Waals surface area contributed by atoms with Crippen molar-refractivity contribution in [1.82, 2.24) is 10.2 Å². The Bertz CT molecular complexity index is 567. The van der Waals surface area contributed by atoms with Crippen LogP contribution in [0.15, 0.2) is 24.3 Å². The van der Waals surface area contributed by atoms with E-state index in [1.54, 1.807) is 7.11 Å². The Morgan fingerprint density at radius 3 is 2.53 bits per heavy atom. The molecule has 0 saturated carbocycles. The van der Waals surface area contributed by atoms with Gasteiger partial charge in [0.15, 0.2) is 0 Å². The van der Waals surface area contributed by atoms with Crippen molar-refractivity contribution in [3.05, 3.63) is 35.5 Å². The Labute approximate surface area is 114 Å². The molecule has 2 aromatic rings. The number of hydrogen-bond donors (Lipinski definition) is 2. The number of hydrogen-bond acceptors (Lipinski definition) is 3. The van der Waals surface area contributed by atoms with Crippen LogP contribution in [0.4, 0.5) is 0 Å². The minimum Gasteiger partial charge on any atom is -0.496 e. The molecular weight excluding hydrogens is 238 g/mol. The van der Waals surface area contributed by atoms with Gasteiger partial charge in [0.1, 0.15) is 5.75 Å². The van der Waals surface area contributed by atoms with Crippen molar-refractivity contribution in [1.29, 1.82) is 0 Å². The molecule has 0 aliphatic heterocycles. The largest absolute Gasteiger partial charge is 0.496 e. The number of rotatable bonds is 3. The molecule has 0 aliphatic rings. The summed E-state index contributed by atoms with van der Waals surface area (Å²) in [5.74, 6) is 0.822. The number of nitrogens with two attached hydrogens (primary N) is 1. The average molecular weight is 259 g/mol. The second-order valence-corrected chi connectivity index (χ2v) is 5.65. The zero-order chi connectivity index (χ0) is 14.0. The molecule has 0 fully saturated rings. The minimum absolute atomic E-state index is 0.0913. The number of benzene rings is 1. The highest BCUT2D eigenvalue weighted by atomic mass is 16.5. The first-order valence-electron chi connectivity index (χ1n) is 6.39. The van der Waals surface area contributed by atoms with Crippen LogP contribution in [0, 0.1) is 0 Å². The molecule has 1 heterocycles. The lowest BCUT2D eigenvalue weighted by Crippen LogP contribution is -2.11. The quantitative estimate of drug-likeness (QED) is 0.890. The molecule has 0 unspecified atom stereocenters. The fourth-order valence-corrected chi connectivity index (χ4v) is 1.98. The van der Waals surface area contributed by atoms with Gasteiger partial charge in [-0.25, -0.2) is 0 Å². The number of H-pyrrole nitrogens is 1. The van der Waals surface area contributed by atoms with Crippen LogP contribution >= 0.6 is 0 Å². The van der Waals surface area contributed by atoms with E-state index in [1.807, 2.05) is 12.1 Å². The standard InChI is InChI=1S/C15H21N3O/c1-15(2,3)10-5-6-14(19-4)12(7-10)13-8-11(9-16)17-18-13/h5-8H,9,16H2,1-4H3,(H,17,18). The SMILES string of the molecule is COc1ccc(C(C)(C)C)cc1-c1cc(CN)[nH]n1. The molecule has 0 amide bonds. The summed E-state index contributed by atoms with van der Waals surface area (Å²) < 4.78 is 5.43. The number of nitrogens with zero attached hydrogens (tertiary/aromatic N) is 1. The Balaban J connectivity index is 2.53. The Morgan fingerprint density at radius 2 is 2.00 bits per heavy atom. The Morgan fingerprint density at radius 1 is 1.26 bits per heavy atom. The molecule has 102 valence electrons. The maximum Gasteiger partial charge on any atom is 0.128 e. The predicted octanol–water partition coefficient (Wildman–Crippen LogP) is 2.84. The molecule has 0 radical (unpaired) electrons. The minimum atomic E-state index is 0.0913. The van der Waals surface area contributed by atoms with Crippen LogP contribution in [-0.2, 0) is 12.0 Å². The molecule has 2 rings (SSSR count). The molecule has 0 bridgehead atoms. The van der Waals surface area contributed by atoms with Crippen molar-refractivity contribution in [2.75, 3.05) is 7.11 Å². The van der Waals surface area contributed by atoms with Gasteiger partial charge in [-0.1, -0.05) is 26.8 Å². The van der Waals surface area contributed by atoms with Crippen LogP contribution in [0.2, 0.25) is 0 Å². The highest BCUT2D eigenvalue weighted by Crippen LogP contribution is 2.33. The molecule has 0 saturated heterocycles. The van der Waals surface area contributed by atoms with Crippen LogP contribution in [-0.4, -0.2) is 17.3 Å². The van der Waals surface area contributed by atoms with E-state index >= 15 is 0 Å². The number of nitrogens with one attached hydrogen (secondary N) is 1. The van der Waals surface area contributed by atoms with Crippen molar-refractivity contribution >= 4 is 0 Å². The van der Waals surface area contributed by atoms with Gasteiger partial charge >= 0.3 is 0 Å². The molecule has 19 heavy (non-hydrogen) atoms. The summed E-state index contributed by atoms with van der Waals surface area (Å²) in [6, 6.07) is 8.19. The van der Waals surface area contributed by atoms with Crippen molar-refractivity contribution in [3.63, 3.8) is 0 Å². The first-order valence-corrected chi connectivity index (χ1v) is 6.39. The van der Waals surface area contributed by atoms with Gasteiger partial charge in [0.25, 0.3) is 0 Å². The van der Waals surface area contributed by atoms with Gasteiger partial charge in [-0.05, 0) is 29.2 Å². The third-order valence-electron chi connectivity index (χ3n) is 3.19. The van der Waals surface area contributed by atoms with E-state index in [0.717, 1.165) is 22.7 Å². The lowest BCUT2D eigenvalue weighted by molar-refractivity contribution is 0.415. The topological polar surface area (TPSA) is 63.9 Å². The summed E-state index contributed by atoms with van der Waals surface area (Å²) in [6.45, 7) is 7.02. The highest BCUT2D eigenvalue weighted by molar-refractivity contribution is 5.68. The first kappa shape index (κ1) is 13.6. The smallest absolute Gasteiger partial charge is 0.128 e. The van der Waals surface area contributed by atoms with Crippen LogP contribution < -0.4 is 10.5 Å². The lowest BCUT2D eigenvalue weighted by atomic mass is 9.85. The second-order valence-electron chi connectivity index (χ2n) is 5.65. The van der Waals surface area contributed by atoms with Crippen molar-refractivity contribution < 1.29 is 4.74 Å². The average Bonchev–Trinajstić information content (AvgIpc) is 2.85. The van der Waals surface area contributed by atoms with E-state index in [4.69, 9.17) is 10.5 Å². The number of methoxy groups -OCH3 is 1. The molecule has 4 nitrogen and oxygen atoms in total. The fourth-order valence-electron chi connectivity index (χ4n) is 1.98. The van der Waals surface area contributed by atoms with E-state index in [9.17, 15) is 0 Å². The third-order valence-corrected chi connectivity index (χ3v) is 3.19. The van der Waals surface area contributed by atoms with Crippen molar-refractivity contribution in [2.45, 2.75) is 32.7 Å². The highest BCUT2D eigenvalue weighted by Gasteiger charge is 2.17. The van der Waals surface area contributed by atoms with Crippen molar-refractivity contribution in [3.8, 4) is 17.0 Å². The summed E-state index contributed by atoms with van der Waals surface area (Å²) in [6.07, 6.45) is 0. The van der Waals surface area contributed by atoms with Gasteiger partial charge in [0, 0.05) is 17.8 Å². The van der Waals surface area contributed by atoms with E-state index in [0.29, 0.717) is 6.54 Å². The zero-order valence-corrected chi connectivity index (χ0v) is 11.9. The molecule has 0 spiro atoms. The van der Waals surface area contributed by atoms with Gasteiger partial charge in [-0.3, -0.25) is 5.10 Å². The van der Waals surface area contributed by atoms with Crippen LogP contribution in [0.5, 0.6) is 5.75 Å². The number of aromatic nitrogens is 2. The molecular formula is C15H21N3O. The number of ether oxygens (including phenoxy) is 1. The summed E-state index contributed by atoms with van der Waals surface area (Å²) >= 11 is 0. The van der Waals surface area contributed by atoms with Gasteiger partial charge in [0.05, 0.1) is 12.8 Å². The predicted molar refractivity (Wildman–Crippen MR) is 77.2 cm³/mol. The van der Waals surface area contributed by atoms with Crippen LogP contribution in [0.25, 0.3) is 11.3 Å². The van der Waals surface area contributed by atoms with Crippen molar-refractivity contribution in [2.24, 2.45) is 5.73 Å². The summed E-state index contributed by atoms with van der Waals surface area (Å²) in [5, 5.41) is 7.24. The van der Waals surface area contributed by atoms with E-state index in [1.165, 1.54) is 5.56 Å². The van der Waals surface area contributed by atoms with Gasteiger partial charge in [-0.2, -0.15) is 5.10 Å². The van der Waals surface area contributed by atoms with Crippen LogP contribution in [0.3, 0.4) is 0 Å². The molecule has 3 N–H and O–H groups in total. The van der Waals surface area contributed by atoms with Gasteiger partial charge in [0.2, 0.25) is 0 Å². The normalized spacial score (nSPS) is 11.6. The Kier molecular flexibility index (Phi) is 3.62. The maximum absolute atomic E-state index is 5.61. The van der Waals surface area contributed by atoms with E-state index in [2.05, 4.69) is 43.1 Å². The molecule has 4 heteroatoms. The maximum atomic E-state index is 5.61. The van der Waals surface area contributed by atoms with E-state index < -0.39 is 0 Å². The lowest BCUT2D eigenvalue weighted by Gasteiger charge is -2.20. The fraction of sp³-hybridized carbons (Fsp3) is 0.400. The van der Waals surface area contributed by atoms with Crippen LogP contribution in [0.1, 0.15) is 32.0 Å². The monoisotopic (exact) mass is 259 g/mol. The summed E-state index contributed by atoms with van der Waals surface area (Å²) in [4.78, 5) is 0. The summed E-state index contributed by atoms with van der Waals surface area (Å²) in [7, 11) is 1.67. The van der Waals surface area contributed by atoms with Gasteiger partial charge < -0.3 is 10.5 Å². The summed E-state index contributed by atoms with van der Waals surface area (Å²) in [5.41, 5.74) is 9.72. The molecule has 1 aromatic heterocycles. The second kappa shape index (κ2) is 5.05. The third kappa shape index (κ3) is 2.79. The van der Waals surface area contributed by atoms with E-state index in [-0.39, 0.29) is 5.41 Å². The molecule has 0 atom stereocenters. The zero-order valence-electron chi connectivity index (χ0n) is 11.9. The van der Waals surface area contributed by atoms with Gasteiger partial charge in [-0.15, -0.1) is 0 Å².